The summed E-state index contributed by atoms with van der Waals surface area (Å²) < 4.78 is 5.78. The second kappa shape index (κ2) is 3.20. The standard InChI is InChI=1S/C14H11NO/c1-9-6-10(8-15)14-12(7-9)11-4-2-3-5-13(11)16-14/h2-8,15H,1H3. The van der Waals surface area contributed by atoms with E-state index in [1.807, 2.05) is 37.3 Å². The monoisotopic (exact) mass is 209 g/mol. The molecule has 0 aliphatic rings. The van der Waals surface area contributed by atoms with Crippen LogP contribution in [0.3, 0.4) is 0 Å². The van der Waals surface area contributed by atoms with E-state index >= 15 is 0 Å². The molecule has 2 aromatic carbocycles. The van der Waals surface area contributed by atoms with Crippen molar-refractivity contribution in [3.8, 4) is 0 Å². The average Bonchev–Trinajstić information content (AvgIpc) is 2.67. The molecular weight excluding hydrogens is 198 g/mol. The van der Waals surface area contributed by atoms with E-state index in [4.69, 9.17) is 9.83 Å². The van der Waals surface area contributed by atoms with Gasteiger partial charge < -0.3 is 9.83 Å². The molecule has 0 atom stereocenters. The fourth-order valence-corrected chi connectivity index (χ4v) is 2.11. The van der Waals surface area contributed by atoms with Gasteiger partial charge >= 0.3 is 0 Å². The minimum Gasteiger partial charge on any atom is -0.455 e. The summed E-state index contributed by atoms with van der Waals surface area (Å²) in [4.78, 5) is 0. The number of furan rings is 1. The van der Waals surface area contributed by atoms with Gasteiger partial charge in [0.05, 0.1) is 0 Å². The maximum Gasteiger partial charge on any atom is 0.144 e. The summed E-state index contributed by atoms with van der Waals surface area (Å²) in [6.45, 7) is 2.04. The van der Waals surface area contributed by atoms with Crippen LogP contribution in [0, 0.1) is 12.3 Å². The summed E-state index contributed by atoms with van der Waals surface area (Å²) in [5.41, 5.74) is 3.68. The second-order valence-corrected chi connectivity index (χ2v) is 3.97. The van der Waals surface area contributed by atoms with Gasteiger partial charge in [0, 0.05) is 22.6 Å². The molecule has 78 valence electrons. The Bertz CT molecular complexity index is 694. The lowest BCUT2D eigenvalue weighted by molar-refractivity contribution is 0.668. The van der Waals surface area contributed by atoms with Crippen molar-refractivity contribution in [3.63, 3.8) is 0 Å². The van der Waals surface area contributed by atoms with Crippen molar-refractivity contribution in [1.82, 2.24) is 0 Å². The maximum absolute atomic E-state index is 7.41. The predicted octanol–water partition coefficient (Wildman–Crippen LogP) is 3.89. The zero-order chi connectivity index (χ0) is 11.1. The molecule has 0 unspecified atom stereocenters. The van der Waals surface area contributed by atoms with Crippen molar-refractivity contribution in [3.05, 3.63) is 47.5 Å². The van der Waals surface area contributed by atoms with Gasteiger partial charge in [0.25, 0.3) is 0 Å². The molecule has 0 bridgehead atoms. The molecule has 2 heteroatoms. The predicted molar refractivity (Wildman–Crippen MR) is 66.3 cm³/mol. The maximum atomic E-state index is 7.41. The summed E-state index contributed by atoms with van der Waals surface area (Å²) in [5, 5.41) is 9.62. The third-order valence-corrected chi connectivity index (χ3v) is 2.81. The molecule has 16 heavy (non-hydrogen) atoms. The zero-order valence-corrected chi connectivity index (χ0v) is 8.95. The fraction of sp³-hybridized carbons (Fsp3) is 0.0714. The van der Waals surface area contributed by atoms with Crippen LogP contribution in [0.25, 0.3) is 21.9 Å². The van der Waals surface area contributed by atoms with Crippen LogP contribution in [0.4, 0.5) is 0 Å². The minimum atomic E-state index is 0.807. The van der Waals surface area contributed by atoms with Gasteiger partial charge in [-0.2, -0.15) is 0 Å². The van der Waals surface area contributed by atoms with Crippen molar-refractivity contribution >= 4 is 28.2 Å². The minimum absolute atomic E-state index is 0.807. The number of aryl methyl sites for hydroxylation is 1. The summed E-state index contributed by atoms with van der Waals surface area (Å²) in [6, 6.07) is 12.0. The number of rotatable bonds is 1. The summed E-state index contributed by atoms with van der Waals surface area (Å²) >= 11 is 0. The van der Waals surface area contributed by atoms with E-state index in [9.17, 15) is 0 Å². The zero-order valence-electron chi connectivity index (χ0n) is 8.95. The first-order chi connectivity index (χ1) is 7.79. The third-order valence-electron chi connectivity index (χ3n) is 2.81. The van der Waals surface area contributed by atoms with Gasteiger partial charge in [-0.05, 0) is 30.7 Å². The van der Waals surface area contributed by atoms with Crippen LogP contribution in [-0.4, -0.2) is 6.21 Å². The van der Waals surface area contributed by atoms with E-state index in [2.05, 4.69) is 6.07 Å². The number of para-hydroxylation sites is 1. The average molecular weight is 209 g/mol. The number of hydrogen-bond acceptors (Lipinski definition) is 2. The largest absolute Gasteiger partial charge is 0.455 e. The first-order valence-corrected chi connectivity index (χ1v) is 5.22. The van der Waals surface area contributed by atoms with Gasteiger partial charge in [-0.15, -0.1) is 0 Å². The highest BCUT2D eigenvalue weighted by atomic mass is 16.3. The molecular formula is C14H11NO. The third kappa shape index (κ3) is 1.16. The van der Waals surface area contributed by atoms with Gasteiger partial charge in [0.1, 0.15) is 11.2 Å². The molecule has 0 aliphatic carbocycles. The van der Waals surface area contributed by atoms with E-state index in [-0.39, 0.29) is 0 Å². The highest BCUT2D eigenvalue weighted by Crippen LogP contribution is 2.31. The summed E-state index contributed by atoms with van der Waals surface area (Å²) in [6.07, 6.45) is 1.34. The van der Waals surface area contributed by atoms with Crippen molar-refractivity contribution in [1.29, 1.82) is 5.41 Å². The SMILES string of the molecule is Cc1cc(C=N)c2oc3ccccc3c2c1. The van der Waals surface area contributed by atoms with Gasteiger partial charge in [-0.25, -0.2) is 0 Å². The molecule has 0 saturated heterocycles. The molecule has 0 fully saturated rings. The Balaban J connectivity index is 2.59. The van der Waals surface area contributed by atoms with Crippen LogP contribution in [0.5, 0.6) is 0 Å². The van der Waals surface area contributed by atoms with Crippen LogP contribution < -0.4 is 0 Å². The molecule has 0 spiro atoms. The lowest BCUT2D eigenvalue weighted by atomic mass is 10.1. The van der Waals surface area contributed by atoms with Crippen molar-refractivity contribution in [2.75, 3.05) is 0 Å². The number of fused-ring (bicyclic) bond motifs is 3. The van der Waals surface area contributed by atoms with Crippen molar-refractivity contribution in [2.45, 2.75) is 6.92 Å². The number of hydrogen-bond donors (Lipinski definition) is 1. The highest BCUT2D eigenvalue weighted by molar-refractivity contribution is 6.10. The number of benzene rings is 2. The molecule has 1 heterocycles. The molecule has 3 rings (SSSR count). The molecule has 0 radical (unpaired) electrons. The second-order valence-electron chi connectivity index (χ2n) is 3.97. The molecule has 2 nitrogen and oxygen atoms in total. The molecule has 0 saturated carbocycles. The Morgan fingerprint density at radius 3 is 2.75 bits per heavy atom. The Kier molecular flexibility index (Phi) is 1.83. The topological polar surface area (TPSA) is 37.0 Å². The van der Waals surface area contributed by atoms with Gasteiger partial charge in [0.15, 0.2) is 0 Å². The van der Waals surface area contributed by atoms with E-state index in [0.717, 1.165) is 33.1 Å². The van der Waals surface area contributed by atoms with Gasteiger partial charge in [-0.3, -0.25) is 0 Å². The highest BCUT2D eigenvalue weighted by Gasteiger charge is 2.09. The smallest absolute Gasteiger partial charge is 0.144 e. The molecule has 0 aliphatic heterocycles. The van der Waals surface area contributed by atoms with Crippen molar-refractivity contribution in [2.24, 2.45) is 0 Å². The van der Waals surface area contributed by atoms with Crippen LogP contribution in [-0.2, 0) is 0 Å². The molecule has 3 aromatic rings. The van der Waals surface area contributed by atoms with Gasteiger partial charge in [-0.1, -0.05) is 18.2 Å². The van der Waals surface area contributed by atoms with Crippen LogP contribution in [0.2, 0.25) is 0 Å². The van der Waals surface area contributed by atoms with Crippen molar-refractivity contribution < 1.29 is 4.42 Å². The van der Waals surface area contributed by atoms with Crippen LogP contribution in [0.1, 0.15) is 11.1 Å². The summed E-state index contributed by atoms with van der Waals surface area (Å²) in [7, 11) is 0. The Morgan fingerprint density at radius 1 is 1.12 bits per heavy atom. The lowest BCUT2D eigenvalue weighted by Crippen LogP contribution is -1.82. The van der Waals surface area contributed by atoms with E-state index < -0.39 is 0 Å². The fourth-order valence-electron chi connectivity index (χ4n) is 2.11. The van der Waals surface area contributed by atoms with E-state index in [0.29, 0.717) is 0 Å². The lowest BCUT2D eigenvalue weighted by Gasteiger charge is -1.97. The Labute approximate surface area is 93.0 Å². The van der Waals surface area contributed by atoms with Crippen LogP contribution in [0.15, 0.2) is 40.8 Å². The molecule has 1 N–H and O–H groups in total. The van der Waals surface area contributed by atoms with E-state index in [1.165, 1.54) is 6.21 Å². The number of nitrogens with one attached hydrogen (secondary N) is 1. The molecule has 1 aromatic heterocycles. The van der Waals surface area contributed by atoms with E-state index in [1.54, 1.807) is 0 Å². The van der Waals surface area contributed by atoms with Crippen LogP contribution >= 0.6 is 0 Å². The quantitative estimate of drug-likeness (QED) is 0.606. The Morgan fingerprint density at radius 2 is 1.94 bits per heavy atom. The Hall–Kier alpha value is -2.09. The first-order valence-electron chi connectivity index (χ1n) is 5.22. The normalized spacial score (nSPS) is 11.1. The molecule has 0 amide bonds. The van der Waals surface area contributed by atoms with Gasteiger partial charge in [0.2, 0.25) is 0 Å². The first kappa shape index (κ1) is 9.16. The summed E-state index contributed by atoms with van der Waals surface area (Å²) in [5.74, 6) is 0.